The molecule has 1 saturated heterocycles. The SMILES string of the molecule is O=C(NCCS(=O)(=O)N1CCSCC1)NCc1ccncc1. The van der Waals surface area contributed by atoms with Gasteiger partial charge < -0.3 is 10.6 Å². The number of hydrogen-bond donors (Lipinski definition) is 2. The molecule has 1 aromatic rings. The maximum atomic E-state index is 12.1. The standard InChI is InChI=1S/C13H20N4O3S2/c18-13(16-11-12-1-3-14-4-2-12)15-5-10-22(19,20)17-6-8-21-9-7-17/h1-4H,5-11H2,(H2,15,16,18). The van der Waals surface area contributed by atoms with Crippen LogP contribution >= 0.6 is 11.8 Å². The highest BCUT2D eigenvalue weighted by Crippen LogP contribution is 2.12. The Labute approximate surface area is 134 Å². The summed E-state index contributed by atoms with van der Waals surface area (Å²) in [4.78, 5) is 15.5. The molecule has 1 aromatic heterocycles. The van der Waals surface area contributed by atoms with Crippen molar-refractivity contribution < 1.29 is 13.2 Å². The first-order chi connectivity index (χ1) is 10.6. The molecule has 9 heteroatoms. The van der Waals surface area contributed by atoms with Crippen molar-refractivity contribution >= 4 is 27.8 Å². The topological polar surface area (TPSA) is 91.4 Å². The number of aromatic nitrogens is 1. The molecule has 0 aromatic carbocycles. The first-order valence-corrected chi connectivity index (χ1v) is 9.80. The molecule has 1 aliphatic rings. The summed E-state index contributed by atoms with van der Waals surface area (Å²) in [7, 11) is -3.28. The number of amides is 2. The van der Waals surface area contributed by atoms with E-state index in [1.54, 1.807) is 36.3 Å². The van der Waals surface area contributed by atoms with Crippen molar-refractivity contribution in [3.63, 3.8) is 0 Å². The lowest BCUT2D eigenvalue weighted by Gasteiger charge is -2.25. The summed E-state index contributed by atoms with van der Waals surface area (Å²) in [6.45, 7) is 1.60. The largest absolute Gasteiger partial charge is 0.337 e. The number of rotatable bonds is 6. The average molecular weight is 344 g/mol. The Kier molecular flexibility index (Phi) is 6.47. The van der Waals surface area contributed by atoms with E-state index >= 15 is 0 Å². The van der Waals surface area contributed by atoms with Gasteiger partial charge in [0.25, 0.3) is 0 Å². The lowest BCUT2D eigenvalue weighted by Crippen LogP contribution is -2.43. The zero-order valence-electron chi connectivity index (χ0n) is 12.2. The fraction of sp³-hybridized carbons (Fsp3) is 0.538. The third-order valence-electron chi connectivity index (χ3n) is 3.21. The van der Waals surface area contributed by atoms with Crippen molar-refractivity contribution in [2.45, 2.75) is 6.54 Å². The van der Waals surface area contributed by atoms with Crippen LogP contribution in [0.5, 0.6) is 0 Å². The van der Waals surface area contributed by atoms with E-state index in [0.29, 0.717) is 19.6 Å². The van der Waals surface area contributed by atoms with Crippen molar-refractivity contribution in [1.82, 2.24) is 19.9 Å². The van der Waals surface area contributed by atoms with Gasteiger partial charge in [0.2, 0.25) is 10.0 Å². The van der Waals surface area contributed by atoms with E-state index < -0.39 is 10.0 Å². The van der Waals surface area contributed by atoms with Crippen LogP contribution in [0.15, 0.2) is 24.5 Å². The summed E-state index contributed by atoms with van der Waals surface area (Å²) in [5.74, 6) is 1.60. The Bertz CT molecular complexity index is 574. The van der Waals surface area contributed by atoms with E-state index in [4.69, 9.17) is 0 Å². The Hall–Kier alpha value is -1.32. The molecular weight excluding hydrogens is 324 g/mol. The van der Waals surface area contributed by atoms with Crippen LogP contribution in [-0.2, 0) is 16.6 Å². The zero-order valence-corrected chi connectivity index (χ0v) is 13.8. The molecule has 2 N–H and O–H groups in total. The molecule has 0 aliphatic carbocycles. The summed E-state index contributed by atoms with van der Waals surface area (Å²) >= 11 is 1.76. The highest BCUT2D eigenvalue weighted by Gasteiger charge is 2.23. The van der Waals surface area contributed by atoms with Crippen LogP contribution in [0.1, 0.15) is 5.56 Å². The first-order valence-electron chi connectivity index (χ1n) is 7.04. The van der Waals surface area contributed by atoms with E-state index in [2.05, 4.69) is 15.6 Å². The normalized spacial score (nSPS) is 16.2. The molecule has 0 bridgehead atoms. The van der Waals surface area contributed by atoms with Crippen LogP contribution in [0.2, 0.25) is 0 Å². The van der Waals surface area contributed by atoms with Crippen LogP contribution in [0.4, 0.5) is 4.79 Å². The fourth-order valence-corrected chi connectivity index (χ4v) is 4.48. The van der Waals surface area contributed by atoms with Crippen LogP contribution in [0.3, 0.4) is 0 Å². The smallest absolute Gasteiger partial charge is 0.315 e. The van der Waals surface area contributed by atoms with Gasteiger partial charge in [0.1, 0.15) is 0 Å². The number of urea groups is 1. The average Bonchev–Trinajstić information content (AvgIpc) is 2.54. The molecule has 0 unspecified atom stereocenters. The van der Waals surface area contributed by atoms with Gasteiger partial charge in [-0.3, -0.25) is 4.98 Å². The Balaban J connectivity index is 1.68. The van der Waals surface area contributed by atoms with Gasteiger partial charge in [-0.05, 0) is 17.7 Å². The van der Waals surface area contributed by atoms with Gasteiger partial charge in [0.15, 0.2) is 0 Å². The molecular formula is C13H20N4O3S2. The first kappa shape index (κ1) is 17.0. The van der Waals surface area contributed by atoms with Gasteiger partial charge in [-0.2, -0.15) is 11.8 Å². The summed E-state index contributed by atoms with van der Waals surface area (Å²) in [5, 5.41) is 5.25. The monoisotopic (exact) mass is 344 g/mol. The minimum atomic E-state index is -3.28. The zero-order chi connectivity index (χ0) is 15.8. The third-order valence-corrected chi connectivity index (χ3v) is 6.03. The highest BCUT2D eigenvalue weighted by molar-refractivity contribution is 7.99. The van der Waals surface area contributed by atoms with E-state index in [0.717, 1.165) is 17.1 Å². The third kappa shape index (κ3) is 5.47. The minimum Gasteiger partial charge on any atom is -0.337 e. The number of pyridine rings is 1. The maximum absolute atomic E-state index is 12.1. The van der Waals surface area contributed by atoms with Crippen molar-refractivity contribution in [1.29, 1.82) is 0 Å². The fourth-order valence-electron chi connectivity index (χ4n) is 1.99. The van der Waals surface area contributed by atoms with Crippen LogP contribution in [0.25, 0.3) is 0 Å². The molecule has 122 valence electrons. The Morgan fingerprint density at radius 3 is 2.59 bits per heavy atom. The quantitative estimate of drug-likeness (QED) is 0.772. The molecule has 0 saturated carbocycles. The van der Waals surface area contributed by atoms with Gasteiger partial charge in [0, 0.05) is 50.1 Å². The summed E-state index contributed by atoms with van der Waals surface area (Å²) in [6.07, 6.45) is 3.30. The predicted octanol–water partition coefficient (Wildman–Crippen LogP) is 0.259. The summed E-state index contributed by atoms with van der Waals surface area (Å²) in [5.41, 5.74) is 0.934. The van der Waals surface area contributed by atoms with Crippen LogP contribution < -0.4 is 10.6 Å². The molecule has 0 radical (unpaired) electrons. The maximum Gasteiger partial charge on any atom is 0.315 e. The van der Waals surface area contributed by atoms with Gasteiger partial charge in [-0.1, -0.05) is 0 Å². The molecule has 2 heterocycles. The van der Waals surface area contributed by atoms with Crippen molar-refractivity contribution in [2.75, 3.05) is 36.9 Å². The molecule has 7 nitrogen and oxygen atoms in total. The van der Waals surface area contributed by atoms with Crippen LogP contribution in [0, 0.1) is 0 Å². The number of nitrogens with zero attached hydrogens (tertiary/aromatic N) is 2. The molecule has 2 amide bonds. The second kappa shape index (κ2) is 8.35. The van der Waals surface area contributed by atoms with E-state index in [1.807, 2.05) is 0 Å². The van der Waals surface area contributed by atoms with Crippen molar-refractivity contribution in [2.24, 2.45) is 0 Å². The van der Waals surface area contributed by atoms with Gasteiger partial charge in [0.05, 0.1) is 5.75 Å². The number of carbonyl (C=O) groups is 1. The molecule has 2 rings (SSSR count). The van der Waals surface area contributed by atoms with E-state index in [1.165, 1.54) is 4.31 Å². The Morgan fingerprint density at radius 1 is 1.23 bits per heavy atom. The molecule has 0 spiro atoms. The Morgan fingerprint density at radius 2 is 1.91 bits per heavy atom. The minimum absolute atomic E-state index is 0.0691. The number of thioether (sulfide) groups is 1. The molecule has 1 fully saturated rings. The molecule has 1 aliphatic heterocycles. The number of carbonyl (C=O) groups excluding carboxylic acids is 1. The molecule has 0 atom stereocenters. The van der Waals surface area contributed by atoms with Gasteiger partial charge in [-0.15, -0.1) is 0 Å². The lowest BCUT2D eigenvalue weighted by atomic mass is 10.3. The lowest BCUT2D eigenvalue weighted by molar-refractivity contribution is 0.241. The summed E-state index contributed by atoms with van der Waals surface area (Å²) in [6, 6.07) is 3.24. The number of nitrogens with one attached hydrogen (secondary N) is 2. The van der Waals surface area contributed by atoms with E-state index in [9.17, 15) is 13.2 Å². The summed E-state index contributed by atoms with van der Waals surface area (Å²) < 4.78 is 25.7. The number of sulfonamides is 1. The van der Waals surface area contributed by atoms with Gasteiger partial charge in [-0.25, -0.2) is 17.5 Å². The van der Waals surface area contributed by atoms with E-state index in [-0.39, 0.29) is 18.3 Å². The van der Waals surface area contributed by atoms with Crippen molar-refractivity contribution in [3.05, 3.63) is 30.1 Å². The van der Waals surface area contributed by atoms with Crippen molar-refractivity contribution in [3.8, 4) is 0 Å². The highest BCUT2D eigenvalue weighted by atomic mass is 32.2. The number of hydrogen-bond acceptors (Lipinski definition) is 5. The van der Waals surface area contributed by atoms with Crippen LogP contribution in [-0.4, -0.2) is 60.6 Å². The molecule has 22 heavy (non-hydrogen) atoms. The second-order valence-electron chi connectivity index (χ2n) is 4.79. The second-order valence-corrected chi connectivity index (χ2v) is 8.11. The van der Waals surface area contributed by atoms with Gasteiger partial charge >= 0.3 is 6.03 Å². The predicted molar refractivity (Wildman–Crippen MR) is 87.2 cm³/mol.